The Balaban J connectivity index is 1.57. The number of hydrogen-bond acceptors (Lipinski definition) is 3. The highest BCUT2D eigenvalue weighted by atomic mass is 19.1. The maximum atomic E-state index is 13.9. The molecule has 2 aromatic rings. The van der Waals surface area contributed by atoms with E-state index in [1.165, 1.54) is 6.07 Å². The van der Waals surface area contributed by atoms with Crippen LogP contribution in [0.3, 0.4) is 0 Å². The number of likely N-dealkylation sites (tertiary alicyclic amines) is 1. The molecule has 6 heteroatoms. The number of carbonyl (C=O) groups excluding carboxylic acids is 1. The minimum atomic E-state index is -0.201. The summed E-state index contributed by atoms with van der Waals surface area (Å²) >= 11 is 0. The van der Waals surface area contributed by atoms with Gasteiger partial charge in [0.25, 0.3) is 5.91 Å². The predicted molar refractivity (Wildman–Crippen MR) is 113 cm³/mol. The van der Waals surface area contributed by atoms with Crippen LogP contribution in [-0.4, -0.2) is 45.3 Å². The molecule has 4 rings (SSSR count). The Labute approximate surface area is 172 Å². The van der Waals surface area contributed by atoms with Gasteiger partial charge in [-0.3, -0.25) is 9.48 Å². The van der Waals surface area contributed by atoms with E-state index < -0.39 is 0 Å². The molecule has 5 nitrogen and oxygen atoms in total. The van der Waals surface area contributed by atoms with Gasteiger partial charge in [-0.15, -0.1) is 0 Å². The summed E-state index contributed by atoms with van der Waals surface area (Å²) in [5.74, 6) is 0.279. The van der Waals surface area contributed by atoms with Gasteiger partial charge in [0.05, 0.1) is 11.3 Å². The first kappa shape index (κ1) is 19.9. The molecule has 0 radical (unpaired) electrons. The first-order valence-electron chi connectivity index (χ1n) is 10.6. The molecular formula is C23H31FN4O. The number of aromatic nitrogens is 2. The van der Waals surface area contributed by atoms with Gasteiger partial charge in [-0.1, -0.05) is 6.07 Å². The number of piperidine rings is 1. The highest BCUT2D eigenvalue weighted by Crippen LogP contribution is 2.45. The number of hydrogen-bond donors (Lipinski definition) is 0. The first-order chi connectivity index (χ1) is 13.7. The van der Waals surface area contributed by atoms with E-state index in [1.807, 2.05) is 36.4 Å². The molecule has 2 aliphatic rings. The van der Waals surface area contributed by atoms with Crippen molar-refractivity contribution in [3.63, 3.8) is 0 Å². The average Bonchev–Trinajstić information content (AvgIpc) is 3.11. The lowest BCUT2D eigenvalue weighted by molar-refractivity contribution is 0.0666. The Morgan fingerprint density at radius 2 is 2.07 bits per heavy atom. The zero-order valence-electron chi connectivity index (χ0n) is 18.1. The maximum absolute atomic E-state index is 13.9. The number of amides is 1. The van der Waals surface area contributed by atoms with E-state index in [2.05, 4.69) is 23.8 Å². The van der Waals surface area contributed by atoms with Gasteiger partial charge in [-0.2, -0.15) is 5.10 Å². The van der Waals surface area contributed by atoms with Crippen LogP contribution in [0.2, 0.25) is 0 Å². The molecule has 0 aliphatic carbocycles. The van der Waals surface area contributed by atoms with Crippen LogP contribution < -0.4 is 4.90 Å². The fourth-order valence-electron chi connectivity index (χ4n) is 5.57. The first-order valence-corrected chi connectivity index (χ1v) is 10.6. The monoisotopic (exact) mass is 398 g/mol. The Hall–Kier alpha value is -2.37. The van der Waals surface area contributed by atoms with E-state index in [9.17, 15) is 9.18 Å². The zero-order valence-corrected chi connectivity index (χ0v) is 18.1. The van der Waals surface area contributed by atoms with E-state index in [0.29, 0.717) is 12.0 Å². The van der Waals surface area contributed by atoms with Crippen molar-refractivity contribution in [3.8, 4) is 0 Å². The second-order valence-electron chi connectivity index (χ2n) is 9.10. The van der Waals surface area contributed by atoms with Crippen LogP contribution in [0.1, 0.15) is 55.4 Å². The van der Waals surface area contributed by atoms with E-state index in [4.69, 9.17) is 0 Å². The Bertz CT molecular complexity index is 935. The lowest BCUT2D eigenvalue weighted by Crippen LogP contribution is -2.50. The maximum Gasteiger partial charge on any atom is 0.257 e. The van der Waals surface area contributed by atoms with Crippen LogP contribution >= 0.6 is 0 Å². The van der Waals surface area contributed by atoms with E-state index in [-0.39, 0.29) is 17.3 Å². The zero-order chi connectivity index (χ0) is 20.9. The van der Waals surface area contributed by atoms with E-state index in [0.717, 1.165) is 55.1 Å². The van der Waals surface area contributed by atoms with Crippen molar-refractivity contribution in [2.75, 3.05) is 18.0 Å². The lowest BCUT2D eigenvalue weighted by atomic mass is 9.89. The highest BCUT2D eigenvalue weighted by Gasteiger charge is 2.49. The molecule has 156 valence electrons. The van der Waals surface area contributed by atoms with Gasteiger partial charge in [0, 0.05) is 42.6 Å². The van der Waals surface area contributed by atoms with Gasteiger partial charge in [0.15, 0.2) is 0 Å². The second kappa shape index (κ2) is 7.15. The third-order valence-electron chi connectivity index (χ3n) is 6.71. The number of anilines is 1. The molecule has 1 amide bonds. The molecule has 2 atom stereocenters. The van der Waals surface area contributed by atoms with Crippen LogP contribution in [0.25, 0.3) is 0 Å². The molecule has 0 bridgehead atoms. The van der Waals surface area contributed by atoms with Crippen molar-refractivity contribution in [1.82, 2.24) is 14.7 Å². The molecule has 0 unspecified atom stereocenters. The van der Waals surface area contributed by atoms with E-state index in [1.54, 1.807) is 12.1 Å². The van der Waals surface area contributed by atoms with Crippen molar-refractivity contribution in [2.45, 2.75) is 65.6 Å². The number of nitrogens with zero attached hydrogens (tertiary/aromatic N) is 4. The topological polar surface area (TPSA) is 41.4 Å². The molecule has 0 saturated carbocycles. The second-order valence-corrected chi connectivity index (χ2v) is 9.10. The summed E-state index contributed by atoms with van der Waals surface area (Å²) in [5, 5.41) is 4.52. The van der Waals surface area contributed by atoms with Crippen LogP contribution in [0.5, 0.6) is 0 Å². The standard InChI is InChI=1S/C23H31FN4O/c1-6-27-16(3)21(15(2)25-27)22(29)26-11-10-20-17(14-26)13-23(4,5)28(20)19-9-7-8-18(24)12-19/h7-9,12,17,20H,6,10-11,13-14H2,1-5H3/t17-,20+/m1/s1. The number of aryl methyl sites for hydroxylation is 2. The third kappa shape index (κ3) is 3.32. The van der Waals surface area contributed by atoms with Gasteiger partial charge < -0.3 is 9.80 Å². The number of halogens is 1. The molecule has 0 N–H and O–H groups in total. The summed E-state index contributed by atoms with van der Waals surface area (Å²) in [6, 6.07) is 7.23. The summed E-state index contributed by atoms with van der Waals surface area (Å²) in [5.41, 5.74) is 3.39. The number of benzene rings is 1. The van der Waals surface area contributed by atoms with Crippen LogP contribution in [0.15, 0.2) is 24.3 Å². The van der Waals surface area contributed by atoms with Crippen LogP contribution in [-0.2, 0) is 6.54 Å². The van der Waals surface area contributed by atoms with Crippen molar-refractivity contribution >= 4 is 11.6 Å². The molecule has 3 heterocycles. The normalized spacial score (nSPS) is 23.4. The Morgan fingerprint density at radius 3 is 2.72 bits per heavy atom. The molecule has 2 saturated heterocycles. The molecule has 29 heavy (non-hydrogen) atoms. The van der Waals surface area contributed by atoms with Gasteiger partial charge in [0.2, 0.25) is 0 Å². The highest BCUT2D eigenvalue weighted by molar-refractivity contribution is 5.96. The average molecular weight is 399 g/mol. The van der Waals surface area contributed by atoms with Gasteiger partial charge >= 0.3 is 0 Å². The quantitative estimate of drug-likeness (QED) is 0.779. The summed E-state index contributed by atoms with van der Waals surface area (Å²) in [7, 11) is 0. The van der Waals surface area contributed by atoms with E-state index >= 15 is 0 Å². The molecule has 2 aliphatic heterocycles. The third-order valence-corrected chi connectivity index (χ3v) is 6.71. The number of fused-ring (bicyclic) bond motifs is 1. The number of carbonyl (C=O) groups is 1. The predicted octanol–water partition coefficient (Wildman–Crippen LogP) is 4.18. The van der Waals surface area contributed by atoms with Crippen molar-refractivity contribution < 1.29 is 9.18 Å². The largest absolute Gasteiger partial charge is 0.363 e. The van der Waals surface area contributed by atoms with Crippen LogP contribution in [0, 0.1) is 25.6 Å². The Kier molecular flexibility index (Phi) is 4.91. The van der Waals surface area contributed by atoms with Gasteiger partial charge in [-0.05, 0) is 71.6 Å². The SMILES string of the molecule is CCn1nc(C)c(C(=O)N2CC[C@H]3[C@@H](C2)CC(C)(C)N3c2cccc(F)c2)c1C. The molecule has 1 aromatic heterocycles. The summed E-state index contributed by atoms with van der Waals surface area (Å²) in [4.78, 5) is 17.7. The van der Waals surface area contributed by atoms with Crippen molar-refractivity contribution in [2.24, 2.45) is 5.92 Å². The molecule has 1 aromatic carbocycles. The van der Waals surface area contributed by atoms with Crippen molar-refractivity contribution in [3.05, 3.63) is 47.0 Å². The van der Waals surface area contributed by atoms with Crippen molar-refractivity contribution in [1.29, 1.82) is 0 Å². The summed E-state index contributed by atoms with van der Waals surface area (Å²) < 4.78 is 15.8. The molecular weight excluding hydrogens is 367 g/mol. The molecule has 0 spiro atoms. The summed E-state index contributed by atoms with van der Waals surface area (Å²) in [6.45, 7) is 12.6. The fourth-order valence-corrected chi connectivity index (χ4v) is 5.57. The fraction of sp³-hybridized carbons (Fsp3) is 0.565. The van der Waals surface area contributed by atoms with Gasteiger partial charge in [-0.25, -0.2) is 4.39 Å². The Morgan fingerprint density at radius 1 is 1.31 bits per heavy atom. The minimum Gasteiger partial charge on any atom is -0.363 e. The number of rotatable bonds is 3. The molecule has 2 fully saturated rings. The van der Waals surface area contributed by atoms with Crippen LogP contribution in [0.4, 0.5) is 10.1 Å². The van der Waals surface area contributed by atoms with Gasteiger partial charge in [0.1, 0.15) is 5.82 Å². The minimum absolute atomic E-state index is 0.0683. The smallest absolute Gasteiger partial charge is 0.257 e. The summed E-state index contributed by atoms with van der Waals surface area (Å²) in [6.07, 6.45) is 1.89. The lowest BCUT2D eigenvalue weighted by Gasteiger charge is -2.42.